The fourth-order valence-electron chi connectivity index (χ4n) is 0.275. The molecule has 0 aromatic heterocycles. The van der Waals surface area contributed by atoms with E-state index in [1.807, 2.05) is 6.92 Å². The molecule has 3 heteroatoms. The van der Waals surface area contributed by atoms with Crippen LogP contribution in [0, 0.1) is 0 Å². The van der Waals surface area contributed by atoms with Gasteiger partial charge in [-0.25, -0.2) is 0 Å². The summed E-state index contributed by atoms with van der Waals surface area (Å²) in [5, 5.41) is 0. The number of hydrogen-bond donors (Lipinski definition) is 1. The zero-order chi connectivity index (χ0) is 6.57. The van der Waals surface area contributed by atoms with Gasteiger partial charge >= 0.3 is 5.97 Å². The van der Waals surface area contributed by atoms with Crippen LogP contribution in [-0.2, 0) is 9.53 Å². The molecule has 0 rings (SSSR count). The van der Waals surface area contributed by atoms with Crippen LogP contribution >= 0.6 is 12.6 Å². The lowest BCUT2D eigenvalue weighted by Crippen LogP contribution is -2.07. The first-order chi connectivity index (χ1) is 3.66. The van der Waals surface area contributed by atoms with Crippen molar-refractivity contribution >= 4 is 18.6 Å². The molecule has 0 saturated heterocycles. The highest BCUT2D eigenvalue weighted by atomic mass is 32.1. The molecule has 0 radical (unpaired) electrons. The second kappa shape index (κ2) is 3.78. The molecular weight excluding hydrogens is 124 g/mol. The highest BCUT2D eigenvalue weighted by Crippen LogP contribution is 2.01. The van der Waals surface area contributed by atoms with Crippen LogP contribution in [0.3, 0.4) is 0 Å². The molecule has 0 amide bonds. The normalized spacial score (nSPS) is 12.9. The van der Waals surface area contributed by atoms with Gasteiger partial charge in [-0.2, -0.15) is 0 Å². The number of carbonyl (C=O) groups excluding carboxylic acids is 1. The Hall–Kier alpha value is -0.180. The Kier molecular flexibility index (Phi) is 3.69. The van der Waals surface area contributed by atoms with Gasteiger partial charge < -0.3 is 4.74 Å². The van der Waals surface area contributed by atoms with Gasteiger partial charge in [-0.1, -0.05) is 6.92 Å². The van der Waals surface area contributed by atoms with Crippen LogP contribution in [0.15, 0.2) is 0 Å². The van der Waals surface area contributed by atoms with E-state index in [0.717, 1.165) is 6.42 Å². The van der Waals surface area contributed by atoms with Gasteiger partial charge in [-0.05, 0) is 6.42 Å². The van der Waals surface area contributed by atoms with Crippen LogP contribution in [0.25, 0.3) is 0 Å². The molecule has 8 heavy (non-hydrogen) atoms. The molecule has 0 N–H and O–H groups in total. The van der Waals surface area contributed by atoms with Crippen molar-refractivity contribution < 1.29 is 9.53 Å². The highest BCUT2D eigenvalue weighted by Gasteiger charge is 2.00. The summed E-state index contributed by atoms with van der Waals surface area (Å²) in [5.41, 5.74) is -0.229. The molecule has 0 aliphatic heterocycles. The Morgan fingerprint density at radius 1 is 1.88 bits per heavy atom. The van der Waals surface area contributed by atoms with Gasteiger partial charge in [-0.3, -0.25) is 4.79 Å². The summed E-state index contributed by atoms with van der Waals surface area (Å²) in [6.45, 7) is 3.28. The molecule has 2 nitrogen and oxygen atoms in total. The molecule has 0 fully saturated rings. The summed E-state index contributed by atoms with van der Waals surface area (Å²) in [7, 11) is 0. The fraction of sp³-hybridized carbons (Fsp3) is 0.800. The van der Waals surface area contributed by atoms with Crippen LogP contribution in [0.4, 0.5) is 0 Å². The van der Waals surface area contributed by atoms with E-state index >= 15 is 0 Å². The van der Waals surface area contributed by atoms with Crippen molar-refractivity contribution in [3.05, 3.63) is 0 Å². The molecular formula is C5H10O2S. The lowest BCUT2D eigenvalue weighted by Gasteiger charge is -2.05. The zero-order valence-corrected chi connectivity index (χ0v) is 5.94. The van der Waals surface area contributed by atoms with Crippen molar-refractivity contribution in [2.24, 2.45) is 0 Å². The summed E-state index contributed by atoms with van der Waals surface area (Å²) in [4.78, 5) is 10.1. The lowest BCUT2D eigenvalue weighted by molar-refractivity contribution is -0.142. The predicted octanol–water partition coefficient (Wildman–Crippen LogP) is 1.22. The Balaban J connectivity index is 3.24. The Bertz CT molecular complexity index is 82.5. The highest BCUT2D eigenvalue weighted by molar-refractivity contribution is 7.80. The first-order valence-corrected chi connectivity index (χ1v) is 3.03. The molecule has 0 aliphatic carbocycles. The summed E-state index contributed by atoms with van der Waals surface area (Å²) in [6.07, 6.45) is 0.753. The van der Waals surface area contributed by atoms with E-state index < -0.39 is 0 Å². The molecule has 0 heterocycles. The van der Waals surface area contributed by atoms with Crippen molar-refractivity contribution in [2.45, 2.75) is 25.7 Å². The monoisotopic (exact) mass is 134 g/mol. The molecule has 0 bridgehead atoms. The molecule has 0 saturated carbocycles. The third-order valence-corrected chi connectivity index (χ3v) is 1.12. The minimum absolute atomic E-state index is 0.229. The first-order valence-electron chi connectivity index (χ1n) is 2.52. The third kappa shape index (κ3) is 3.99. The van der Waals surface area contributed by atoms with Crippen molar-refractivity contribution in [3.8, 4) is 0 Å². The predicted molar refractivity (Wildman–Crippen MR) is 34.8 cm³/mol. The van der Waals surface area contributed by atoms with Gasteiger partial charge in [0.05, 0.1) is 0 Å². The minimum atomic E-state index is -0.271. The van der Waals surface area contributed by atoms with E-state index in [2.05, 4.69) is 17.4 Å². The van der Waals surface area contributed by atoms with Crippen LogP contribution in [0.1, 0.15) is 20.3 Å². The maximum Gasteiger partial charge on any atom is 0.303 e. The average Bonchev–Trinajstić information content (AvgIpc) is 1.65. The van der Waals surface area contributed by atoms with E-state index in [-0.39, 0.29) is 11.4 Å². The second-order valence-corrected chi connectivity index (χ2v) is 2.05. The number of carbonyl (C=O) groups is 1. The van der Waals surface area contributed by atoms with Gasteiger partial charge in [0.25, 0.3) is 0 Å². The van der Waals surface area contributed by atoms with Crippen LogP contribution in [-0.4, -0.2) is 11.4 Å². The molecule has 1 atom stereocenters. The quantitative estimate of drug-likeness (QED) is 0.349. The summed E-state index contributed by atoms with van der Waals surface area (Å²) < 4.78 is 4.62. The van der Waals surface area contributed by atoms with Crippen molar-refractivity contribution in [1.29, 1.82) is 0 Å². The number of thiol groups is 1. The Morgan fingerprint density at radius 3 is 2.50 bits per heavy atom. The number of ether oxygens (including phenoxy) is 1. The molecule has 1 unspecified atom stereocenters. The summed E-state index contributed by atoms with van der Waals surface area (Å²) in [5.74, 6) is -0.271. The molecule has 0 aromatic rings. The smallest absolute Gasteiger partial charge is 0.303 e. The maximum atomic E-state index is 10.1. The van der Waals surface area contributed by atoms with Gasteiger partial charge in [0.15, 0.2) is 0 Å². The third-order valence-electron chi connectivity index (χ3n) is 0.651. The van der Waals surface area contributed by atoms with E-state index in [1.165, 1.54) is 6.92 Å². The topological polar surface area (TPSA) is 26.3 Å². The van der Waals surface area contributed by atoms with Gasteiger partial charge in [0.1, 0.15) is 5.44 Å². The van der Waals surface area contributed by atoms with E-state index in [0.29, 0.717) is 0 Å². The molecule has 48 valence electrons. The van der Waals surface area contributed by atoms with Crippen LogP contribution in [0.2, 0.25) is 0 Å². The second-order valence-electron chi connectivity index (χ2n) is 1.47. The largest absolute Gasteiger partial charge is 0.452 e. The lowest BCUT2D eigenvalue weighted by atomic mass is 10.5. The van der Waals surface area contributed by atoms with Gasteiger partial charge in [0.2, 0.25) is 0 Å². The fourth-order valence-corrected chi connectivity index (χ4v) is 0.423. The number of hydrogen-bond acceptors (Lipinski definition) is 3. The van der Waals surface area contributed by atoms with Crippen molar-refractivity contribution in [3.63, 3.8) is 0 Å². The number of esters is 1. The summed E-state index contributed by atoms with van der Waals surface area (Å²) in [6, 6.07) is 0. The molecule has 0 aliphatic rings. The van der Waals surface area contributed by atoms with Crippen molar-refractivity contribution in [2.75, 3.05) is 0 Å². The van der Waals surface area contributed by atoms with E-state index in [4.69, 9.17) is 0 Å². The number of rotatable bonds is 2. The molecule has 0 spiro atoms. The van der Waals surface area contributed by atoms with Gasteiger partial charge in [0, 0.05) is 6.92 Å². The van der Waals surface area contributed by atoms with E-state index in [1.54, 1.807) is 0 Å². The van der Waals surface area contributed by atoms with Gasteiger partial charge in [-0.15, -0.1) is 12.6 Å². The maximum absolute atomic E-state index is 10.1. The summed E-state index contributed by atoms with van der Waals surface area (Å²) >= 11 is 3.93. The Morgan fingerprint density at radius 2 is 2.38 bits per heavy atom. The zero-order valence-electron chi connectivity index (χ0n) is 5.05. The van der Waals surface area contributed by atoms with Crippen LogP contribution in [0.5, 0.6) is 0 Å². The van der Waals surface area contributed by atoms with Crippen molar-refractivity contribution in [1.82, 2.24) is 0 Å². The average molecular weight is 134 g/mol. The first kappa shape index (κ1) is 7.82. The molecule has 0 aromatic carbocycles. The standard InChI is InChI=1S/C5H10O2S/c1-3-5(8)7-4(2)6/h5,8H,3H2,1-2H3. The van der Waals surface area contributed by atoms with Crippen LogP contribution < -0.4 is 0 Å². The van der Waals surface area contributed by atoms with E-state index in [9.17, 15) is 4.79 Å². The Labute approximate surface area is 54.6 Å². The SMILES string of the molecule is CCC(S)OC(C)=O. The minimum Gasteiger partial charge on any atom is -0.452 e.